The third-order valence-corrected chi connectivity index (χ3v) is 4.72. The van der Waals surface area contributed by atoms with Gasteiger partial charge in [0.25, 0.3) is 5.91 Å². The normalized spacial score (nSPS) is 12.6. The molecule has 0 saturated heterocycles. The summed E-state index contributed by atoms with van der Waals surface area (Å²) in [7, 11) is 0. The van der Waals surface area contributed by atoms with Crippen LogP contribution in [0.2, 0.25) is 0 Å². The molecule has 0 aliphatic heterocycles. The predicted octanol–water partition coefficient (Wildman–Crippen LogP) is 3.98. The van der Waals surface area contributed by atoms with E-state index in [1.165, 1.54) is 0 Å². The van der Waals surface area contributed by atoms with Crippen LogP contribution in [0, 0.1) is 17.6 Å². The lowest BCUT2D eigenvalue weighted by molar-refractivity contribution is -0.174. The molecule has 3 N–H and O–H groups in total. The first kappa shape index (κ1) is 23.2. The summed E-state index contributed by atoms with van der Waals surface area (Å²) in [6.07, 6.45) is -5.09. The molecule has 0 saturated carbocycles. The lowest BCUT2D eigenvalue weighted by Gasteiger charge is -2.15. The highest BCUT2D eigenvalue weighted by molar-refractivity contribution is 5.94. The average Bonchev–Trinajstić information content (AvgIpc) is 3.13. The second-order valence-corrected chi connectivity index (χ2v) is 7.27. The zero-order chi connectivity index (χ0) is 23.5. The van der Waals surface area contributed by atoms with E-state index in [9.17, 15) is 31.5 Å². The van der Waals surface area contributed by atoms with E-state index in [0.29, 0.717) is 22.4 Å². The molecule has 0 aliphatic rings. The number of imidazole rings is 1. The van der Waals surface area contributed by atoms with Crippen LogP contribution in [-0.2, 0) is 17.9 Å². The number of nitrogens with zero attached hydrogens (tertiary/aromatic N) is 1. The Morgan fingerprint density at radius 2 is 1.81 bits per heavy atom. The number of H-pyrrole nitrogens is 1. The van der Waals surface area contributed by atoms with Gasteiger partial charge < -0.3 is 15.6 Å². The van der Waals surface area contributed by atoms with Crippen molar-refractivity contribution < 1.29 is 31.5 Å². The van der Waals surface area contributed by atoms with Crippen LogP contribution < -0.4 is 10.6 Å². The maximum Gasteiger partial charge on any atom is 0.392 e. The van der Waals surface area contributed by atoms with Crippen molar-refractivity contribution in [3.63, 3.8) is 0 Å². The first-order valence-electron chi connectivity index (χ1n) is 9.57. The fourth-order valence-corrected chi connectivity index (χ4v) is 2.90. The summed E-state index contributed by atoms with van der Waals surface area (Å²) in [5, 5.41) is 4.89. The Hall–Kier alpha value is -3.50. The van der Waals surface area contributed by atoms with E-state index < -0.39 is 47.5 Å². The molecule has 1 heterocycles. The van der Waals surface area contributed by atoms with Gasteiger partial charge in [-0.05, 0) is 35.9 Å². The predicted molar refractivity (Wildman–Crippen MR) is 105 cm³/mol. The number of aromatic nitrogens is 2. The molecule has 1 atom stereocenters. The number of benzene rings is 2. The van der Waals surface area contributed by atoms with Crippen molar-refractivity contribution in [1.82, 2.24) is 20.6 Å². The van der Waals surface area contributed by atoms with Crippen LogP contribution in [0.5, 0.6) is 0 Å². The van der Waals surface area contributed by atoms with Crippen molar-refractivity contribution in [2.75, 3.05) is 0 Å². The standard InChI is InChI=1S/C21H19F5N4O2/c1-11(21(24,25)26)6-19(31)27-9-12-2-5-16-17(7-12)30-18(29-16)10-28-20(32)14-8-13(22)3-4-15(14)23/h2-5,7-8,11H,6,9-10H2,1H3,(H,27,31)(H,28,32)(H,29,30). The second kappa shape index (κ2) is 9.33. The van der Waals surface area contributed by atoms with Crippen molar-refractivity contribution in [3.8, 4) is 0 Å². The number of hydrogen-bond acceptors (Lipinski definition) is 3. The number of carbonyl (C=O) groups excluding carboxylic acids is 2. The Labute approximate surface area is 179 Å². The quantitative estimate of drug-likeness (QED) is 0.472. The van der Waals surface area contributed by atoms with E-state index in [-0.39, 0.29) is 13.1 Å². The first-order chi connectivity index (χ1) is 15.0. The Bertz CT molecular complexity index is 1140. The van der Waals surface area contributed by atoms with Crippen LogP contribution in [0.25, 0.3) is 11.0 Å². The maximum absolute atomic E-state index is 13.7. The van der Waals surface area contributed by atoms with Gasteiger partial charge in [0.15, 0.2) is 0 Å². The molecule has 2 aromatic carbocycles. The van der Waals surface area contributed by atoms with E-state index in [1.54, 1.807) is 18.2 Å². The van der Waals surface area contributed by atoms with Crippen molar-refractivity contribution in [3.05, 3.63) is 65.0 Å². The van der Waals surface area contributed by atoms with Gasteiger partial charge in [-0.25, -0.2) is 13.8 Å². The number of amides is 2. The molecular formula is C21H19F5N4O2. The van der Waals surface area contributed by atoms with Gasteiger partial charge in [-0.2, -0.15) is 13.2 Å². The average molecular weight is 454 g/mol. The van der Waals surface area contributed by atoms with Gasteiger partial charge in [0.1, 0.15) is 17.5 Å². The highest BCUT2D eigenvalue weighted by Crippen LogP contribution is 2.28. The van der Waals surface area contributed by atoms with Gasteiger partial charge in [0, 0.05) is 13.0 Å². The largest absolute Gasteiger partial charge is 0.392 e. The number of nitrogens with one attached hydrogen (secondary N) is 3. The summed E-state index contributed by atoms with van der Waals surface area (Å²) in [5.41, 5.74) is 1.32. The van der Waals surface area contributed by atoms with Gasteiger partial charge >= 0.3 is 6.18 Å². The fourth-order valence-electron chi connectivity index (χ4n) is 2.90. The molecule has 0 spiro atoms. The van der Waals surface area contributed by atoms with Crippen LogP contribution in [-0.4, -0.2) is 28.0 Å². The van der Waals surface area contributed by atoms with Gasteiger partial charge in [-0.3, -0.25) is 9.59 Å². The number of fused-ring (bicyclic) bond motifs is 1. The summed E-state index contributed by atoms with van der Waals surface area (Å²) in [5.74, 6) is -4.51. The summed E-state index contributed by atoms with van der Waals surface area (Å²) in [4.78, 5) is 31.0. The van der Waals surface area contributed by atoms with Crippen LogP contribution in [0.3, 0.4) is 0 Å². The zero-order valence-electron chi connectivity index (χ0n) is 16.8. The summed E-state index contributed by atoms with van der Waals surface area (Å²) in [6.45, 7) is 0.896. The second-order valence-electron chi connectivity index (χ2n) is 7.27. The smallest absolute Gasteiger partial charge is 0.352 e. The number of hydrogen-bond donors (Lipinski definition) is 3. The number of halogens is 5. The minimum atomic E-state index is -4.43. The highest BCUT2D eigenvalue weighted by atomic mass is 19.4. The molecule has 1 unspecified atom stereocenters. The minimum Gasteiger partial charge on any atom is -0.352 e. The molecule has 2 amide bonds. The lowest BCUT2D eigenvalue weighted by atomic mass is 10.1. The molecule has 3 rings (SSSR count). The number of carbonyl (C=O) groups is 2. The minimum absolute atomic E-state index is 0.0310. The summed E-state index contributed by atoms with van der Waals surface area (Å²) >= 11 is 0. The third-order valence-electron chi connectivity index (χ3n) is 4.72. The van der Waals surface area contributed by atoms with Crippen molar-refractivity contribution in [2.24, 2.45) is 5.92 Å². The molecule has 0 fully saturated rings. The fraction of sp³-hybridized carbons (Fsp3) is 0.286. The molecular weight excluding hydrogens is 435 g/mol. The Kier molecular flexibility index (Phi) is 6.75. The Morgan fingerprint density at radius 3 is 2.53 bits per heavy atom. The van der Waals surface area contributed by atoms with E-state index in [4.69, 9.17) is 0 Å². The van der Waals surface area contributed by atoms with Gasteiger partial charge in [0.2, 0.25) is 5.91 Å². The van der Waals surface area contributed by atoms with Crippen LogP contribution >= 0.6 is 0 Å². The number of aromatic amines is 1. The van der Waals surface area contributed by atoms with Gasteiger partial charge in [-0.15, -0.1) is 0 Å². The number of alkyl halides is 3. The third kappa shape index (κ3) is 5.80. The molecule has 1 aromatic heterocycles. The monoisotopic (exact) mass is 454 g/mol. The molecule has 11 heteroatoms. The maximum atomic E-state index is 13.7. The van der Waals surface area contributed by atoms with Gasteiger partial charge in [0.05, 0.1) is 29.1 Å². The Morgan fingerprint density at radius 1 is 1.06 bits per heavy atom. The van der Waals surface area contributed by atoms with E-state index >= 15 is 0 Å². The molecule has 170 valence electrons. The summed E-state index contributed by atoms with van der Waals surface area (Å²) in [6, 6.07) is 7.51. The molecule has 32 heavy (non-hydrogen) atoms. The van der Waals surface area contributed by atoms with E-state index in [0.717, 1.165) is 25.1 Å². The highest BCUT2D eigenvalue weighted by Gasteiger charge is 2.37. The van der Waals surface area contributed by atoms with Crippen molar-refractivity contribution >= 4 is 22.8 Å². The van der Waals surface area contributed by atoms with Crippen LogP contribution in [0.4, 0.5) is 22.0 Å². The molecule has 0 radical (unpaired) electrons. The van der Waals surface area contributed by atoms with Crippen LogP contribution in [0.15, 0.2) is 36.4 Å². The Balaban J connectivity index is 1.59. The SMILES string of the molecule is CC(CC(=O)NCc1ccc2nc(CNC(=O)c3cc(F)ccc3F)[nH]c2c1)C(F)(F)F. The molecule has 6 nitrogen and oxygen atoms in total. The lowest BCUT2D eigenvalue weighted by Crippen LogP contribution is -2.29. The van der Waals surface area contributed by atoms with Crippen molar-refractivity contribution in [2.45, 2.75) is 32.6 Å². The molecule has 3 aromatic rings. The van der Waals surface area contributed by atoms with Gasteiger partial charge in [-0.1, -0.05) is 13.0 Å². The molecule has 0 aliphatic carbocycles. The zero-order valence-corrected chi connectivity index (χ0v) is 16.8. The van der Waals surface area contributed by atoms with E-state index in [2.05, 4.69) is 20.6 Å². The topological polar surface area (TPSA) is 86.9 Å². The van der Waals surface area contributed by atoms with E-state index in [1.807, 2.05) is 0 Å². The van der Waals surface area contributed by atoms with Crippen LogP contribution in [0.1, 0.15) is 35.1 Å². The molecule has 0 bridgehead atoms. The summed E-state index contributed by atoms with van der Waals surface area (Å²) < 4.78 is 64.5. The first-order valence-corrected chi connectivity index (χ1v) is 9.57. The number of rotatable bonds is 7. The van der Waals surface area contributed by atoms with Crippen molar-refractivity contribution in [1.29, 1.82) is 0 Å².